The predicted molar refractivity (Wildman–Crippen MR) is 90.3 cm³/mol. The lowest BCUT2D eigenvalue weighted by molar-refractivity contribution is -0.120. The van der Waals surface area contributed by atoms with E-state index >= 15 is 0 Å². The van der Waals surface area contributed by atoms with Crippen molar-refractivity contribution < 1.29 is 9.53 Å². The molecular weight excluding hydrogens is 288 g/mol. The van der Waals surface area contributed by atoms with Crippen LogP contribution in [-0.4, -0.2) is 18.0 Å². The van der Waals surface area contributed by atoms with Crippen LogP contribution in [0.15, 0.2) is 60.8 Å². The fourth-order valence-corrected chi connectivity index (χ4v) is 2.54. The zero-order valence-corrected chi connectivity index (χ0v) is 13.0. The lowest BCUT2D eigenvalue weighted by Gasteiger charge is -2.08. The molecule has 0 bridgehead atoms. The quantitative estimate of drug-likeness (QED) is 0.788. The number of methoxy groups -OCH3 is 1. The normalized spacial score (nSPS) is 10.5. The number of nitrogens with one attached hydrogen (secondary N) is 1. The highest BCUT2D eigenvalue weighted by atomic mass is 16.5. The Balaban J connectivity index is 1.66. The Labute approximate surface area is 135 Å². The Morgan fingerprint density at radius 1 is 1.13 bits per heavy atom. The molecule has 0 aliphatic carbocycles. The number of pyridine rings is 1. The second kappa shape index (κ2) is 6.92. The van der Waals surface area contributed by atoms with Crippen LogP contribution in [0.4, 0.5) is 0 Å². The number of hydrogen-bond donors (Lipinski definition) is 1. The van der Waals surface area contributed by atoms with Crippen LogP contribution < -0.4 is 10.1 Å². The van der Waals surface area contributed by atoms with Crippen molar-refractivity contribution in [2.45, 2.75) is 13.0 Å². The van der Waals surface area contributed by atoms with Crippen LogP contribution in [0.25, 0.3) is 10.8 Å². The smallest absolute Gasteiger partial charge is 0.224 e. The third-order valence-corrected chi connectivity index (χ3v) is 3.71. The first-order valence-corrected chi connectivity index (χ1v) is 7.48. The SMILES string of the molecule is COc1cccc(CC(=O)NCc2nccc3ccccc23)c1. The van der Waals surface area contributed by atoms with Crippen LogP contribution in [0.1, 0.15) is 11.3 Å². The summed E-state index contributed by atoms with van der Waals surface area (Å²) in [6.07, 6.45) is 2.09. The summed E-state index contributed by atoms with van der Waals surface area (Å²) < 4.78 is 5.17. The summed E-state index contributed by atoms with van der Waals surface area (Å²) in [5, 5.41) is 5.13. The lowest BCUT2D eigenvalue weighted by atomic mass is 10.1. The number of fused-ring (bicyclic) bond motifs is 1. The van der Waals surface area contributed by atoms with Gasteiger partial charge in [0.1, 0.15) is 5.75 Å². The standard InChI is InChI=1S/C19H18N2O2/c1-23-16-7-4-5-14(11-16)12-19(22)21-13-18-17-8-3-2-6-15(17)9-10-20-18/h2-11H,12-13H2,1H3,(H,21,22). The highest BCUT2D eigenvalue weighted by Gasteiger charge is 2.07. The van der Waals surface area contributed by atoms with Gasteiger partial charge in [0.15, 0.2) is 0 Å². The Morgan fingerprint density at radius 3 is 2.87 bits per heavy atom. The highest BCUT2D eigenvalue weighted by molar-refractivity contribution is 5.85. The molecule has 0 atom stereocenters. The molecule has 0 fully saturated rings. The number of carbonyl (C=O) groups excluding carboxylic acids is 1. The second-order valence-corrected chi connectivity index (χ2v) is 5.28. The van der Waals surface area contributed by atoms with E-state index in [9.17, 15) is 4.79 Å². The minimum absolute atomic E-state index is 0.0343. The molecule has 3 rings (SSSR count). The van der Waals surface area contributed by atoms with Gasteiger partial charge in [-0.25, -0.2) is 0 Å². The van der Waals surface area contributed by atoms with Crippen molar-refractivity contribution in [1.82, 2.24) is 10.3 Å². The number of carbonyl (C=O) groups is 1. The Bertz CT molecular complexity index is 825. The molecule has 23 heavy (non-hydrogen) atoms. The van der Waals surface area contributed by atoms with Crippen LogP contribution in [0.2, 0.25) is 0 Å². The molecule has 4 heteroatoms. The van der Waals surface area contributed by atoms with Gasteiger partial charge in [0.05, 0.1) is 25.8 Å². The molecule has 0 aliphatic rings. The van der Waals surface area contributed by atoms with Crippen LogP contribution in [-0.2, 0) is 17.8 Å². The van der Waals surface area contributed by atoms with Crippen LogP contribution in [0, 0.1) is 0 Å². The summed E-state index contributed by atoms with van der Waals surface area (Å²) in [6.45, 7) is 0.421. The molecule has 0 radical (unpaired) electrons. The average molecular weight is 306 g/mol. The van der Waals surface area contributed by atoms with Crippen molar-refractivity contribution in [2.24, 2.45) is 0 Å². The molecule has 1 N–H and O–H groups in total. The fourth-order valence-electron chi connectivity index (χ4n) is 2.54. The van der Waals surface area contributed by atoms with Crippen molar-refractivity contribution in [3.63, 3.8) is 0 Å². The maximum absolute atomic E-state index is 12.1. The van der Waals surface area contributed by atoms with E-state index in [1.807, 2.05) is 54.6 Å². The van der Waals surface area contributed by atoms with Gasteiger partial charge in [-0.2, -0.15) is 0 Å². The first-order valence-electron chi connectivity index (χ1n) is 7.48. The van der Waals surface area contributed by atoms with Gasteiger partial charge in [-0.3, -0.25) is 9.78 Å². The minimum Gasteiger partial charge on any atom is -0.497 e. The van der Waals surface area contributed by atoms with E-state index in [0.29, 0.717) is 13.0 Å². The van der Waals surface area contributed by atoms with E-state index in [4.69, 9.17) is 4.74 Å². The zero-order valence-electron chi connectivity index (χ0n) is 13.0. The van der Waals surface area contributed by atoms with Gasteiger partial charge >= 0.3 is 0 Å². The van der Waals surface area contributed by atoms with Crippen molar-refractivity contribution in [3.05, 3.63) is 72.1 Å². The first-order chi connectivity index (χ1) is 11.3. The molecule has 0 saturated heterocycles. The molecule has 0 aliphatic heterocycles. The molecular formula is C19H18N2O2. The number of hydrogen-bond acceptors (Lipinski definition) is 3. The number of amides is 1. The van der Waals surface area contributed by atoms with Crippen LogP contribution in [0.5, 0.6) is 5.75 Å². The summed E-state index contributed by atoms with van der Waals surface area (Å²) in [6, 6.07) is 17.5. The molecule has 4 nitrogen and oxygen atoms in total. The van der Waals surface area contributed by atoms with E-state index in [1.54, 1.807) is 13.3 Å². The average Bonchev–Trinajstić information content (AvgIpc) is 2.60. The van der Waals surface area contributed by atoms with Crippen molar-refractivity contribution >= 4 is 16.7 Å². The van der Waals surface area contributed by atoms with E-state index in [2.05, 4.69) is 10.3 Å². The van der Waals surface area contributed by atoms with Gasteiger partial charge < -0.3 is 10.1 Å². The molecule has 2 aromatic carbocycles. The molecule has 1 aromatic heterocycles. The van der Waals surface area contributed by atoms with Gasteiger partial charge in [-0.1, -0.05) is 36.4 Å². The number of aromatic nitrogens is 1. The van der Waals surface area contributed by atoms with Crippen molar-refractivity contribution in [1.29, 1.82) is 0 Å². The molecule has 1 amide bonds. The molecule has 0 spiro atoms. The maximum Gasteiger partial charge on any atom is 0.224 e. The van der Waals surface area contributed by atoms with E-state index in [1.165, 1.54) is 0 Å². The number of benzene rings is 2. The first kappa shape index (κ1) is 15.0. The maximum atomic E-state index is 12.1. The number of nitrogens with zero attached hydrogens (tertiary/aromatic N) is 1. The third kappa shape index (κ3) is 3.66. The summed E-state index contributed by atoms with van der Waals surface area (Å²) in [5.74, 6) is 0.721. The van der Waals surface area contributed by atoms with Gasteiger partial charge in [0.25, 0.3) is 0 Å². The van der Waals surface area contributed by atoms with Crippen molar-refractivity contribution in [2.75, 3.05) is 7.11 Å². The molecule has 3 aromatic rings. The molecule has 1 heterocycles. The van der Waals surface area contributed by atoms with Gasteiger partial charge in [-0.05, 0) is 29.1 Å². The van der Waals surface area contributed by atoms with Crippen LogP contribution >= 0.6 is 0 Å². The molecule has 0 unspecified atom stereocenters. The summed E-state index contributed by atoms with van der Waals surface area (Å²) in [7, 11) is 1.62. The zero-order chi connectivity index (χ0) is 16.1. The Hall–Kier alpha value is -2.88. The van der Waals surface area contributed by atoms with E-state index < -0.39 is 0 Å². The summed E-state index contributed by atoms with van der Waals surface area (Å²) >= 11 is 0. The van der Waals surface area contributed by atoms with Crippen LogP contribution in [0.3, 0.4) is 0 Å². The predicted octanol–water partition coefficient (Wildman–Crippen LogP) is 3.10. The van der Waals surface area contributed by atoms with Gasteiger partial charge in [0.2, 0.25) is 5.91 Å². The summed E-state index contributed by atoms with van der Waals surface area (Å²) in [4.78, 5) is 16.5. The highest BCUT2D eigenvalue weighted by Crippen LogP contribution is 2.16. The Kier molecular flexibility index (Phi) is 4.52. The number of ether oxygens (including phenoxy) is 1. The van der Waals surface area contributed by atoms with Gasteiger partial charge in [-0.15, -0.1) is 0 Å². The number of rotatable bonds is 5. The second-order valence-electron chi connectivity index (χ2n) is 5.28. The topological polar surface area (TPSA) is 51.2 Å². The van der Waals surface area contributed by atoms with E-state index in [0.717, 1.165) is 27.8 Å². The lowest BCUT2D eigenvalue weighted by Crippen LogP contribution is -2.25. The minimum atomic E-state index is -0.0343. The Morgan fingerprint density at radius 2 is 2.00 bits per heavy atom. The van der Waals surface area contributed by atoms with E-state index in [-0.39, 0.29) is 5.91 Å². The molecule has 116 valence electrons. The summed E-state index contributed by atoms with van der Waals surface area (Å²) in [5.41, 5.74) is 1.80. The van der Waals surface area contributed by atoms with Crippen molar-refractivity contribution in [3.8, 4) is 5.75 Å². The third-order valence-electron chi connectivity index (χ3n) is 3.71. The molecule has 0 saturated carbocycles. The van der Waals surface area contributed by atoms with Gasteiger partial charge in [0, 0.05) is 11.6 Å². The fraction of sp³-hybridized carbons (Fsp3) is 0.158. The monoisotopic (exact) mass is 306 g/mol. The largest absolute Gasteiger partial charge is 0.497 e.